The van der Waals surface area contributed by atoms with Crippen LogP contribution >= 0.6 is 0 Å². The van der Waals surface area contributed by atoms with Gasteiger partial charge in [-0.15, -0.1) is 0 Å². The maximum absolute atomic E-state index is 11.7. The summed E-state index contributed by atoms with van der Waals surface area (Å²) < 4.78 is 24.8. The first-order valence-electron chi connectivity index (χ1n) is 4.78. The third-order valence-corrected chi connectivity index (χ3v) is 4.20. The molecule has 0 saturated carbocycles. The minimum atomic E-state index is -3.24. The molecule has 0 unspecified atom stereocenters. The van der Waals surface area contributed by atoms with Crippen LogP contribution in [0.5, 0.6) is 0 Å². The fourth-order valence-corrected chi connectivity index (χ4v) is 3.11. The van der Waals surface area contributed by atoms with E-state index in [1.165, 1.54) is 4.31 Å². The average Bonchev–Trinajstić information content (AvgIpc) is 2.14. The van der Waals surface area contributed by atoms with Crippen molar-refractivity contribution in [3.8, 4) is 0 Å². The molecule has 0 aliphatic carbocycles. The highest BCUT2D eigenvalue weighted by atomic mass is 32.2. The summed E-state index contributed by atoms with van der Waals surface area (Å²) in [4.78, 5) is 0. The molecule has 1 aromatic rings. The van der Waals surface area contributed by atoms with Crippen molar-refractivity contribution < 1.29 is 13.5 Å². The number of aliphatic hydroxyl groups excluding tert-OH is 1. The van der Waals surface area contributed by atoms with Gasteiger partial charge in [-0.1, -0.05) is 30.3 Å². The van der Waals surface area contributed by atoms with Gasteiger partial charge in [0.2, 0.25) is 10.0 Å². The minimum absolute atomic E-state index is 0.0144. The SMILES string of the molecule is O=S(=O)(Cc1ccccc1)N1CC(O)C1. The summed E-state index contributed by atoms with van der Waals surface area (Å²) in [6.07, 6.45) is -0.490. The van der Waals surface area contributed by atoms with E-state index in [1.54, 1.807) is 12.1 Å². The fraction of sp³-hybridized carbons (Fsp3) is 0.400. The van der Waals surface area contributed by atoms with Gasteiger partial charge < -0.3 is 5.11 Å². The number of aliphatic hydroxyl groups is 1. The molecular formula is C10H13NO3S. The standard InChI is InChI=1S/C10H13NO3S/c12-10-6-11(7-10)15(13,14)8-9-4-2-1-3-5-9/h1-5,10,12H,6-8H2. The second-order valence-corrected chi connectivity index (χ2v) is 5.68. The monoisotopic (exact) mass is 227 g/mol. The van der Waals surface area contributed by atoms with Crippen molar-refractivity contribution in [2.24, 2.45) is 0 Å². The van der Waals surface area contributed by atoms with Gasteiger partial charge in [-0.3, -0.25) is 0 Å². The molecule has 0 spiro atoms. The molecule has 0 radical (unpaired) electrons. The van der Waals surface area contributed by atoms with Gasteiger partial charge in [-0.05, 0) is 5.56 Å². The molecule has 1 saturated heterocycles. The Bertz CT molecular complexity index is 423. The van der Waals surface area contributed by atoms with Gasteiger partial charge in [-0.25, -0.2) is 8.42 Å². The Labute approximate surface area is 89.2 Å². The summed E-state index contributed by atoms with van der Waals surface area (Å²) in [7, 11) is -3.24. The third kappa shape index (κ3) is 2.37. The van der Waals surface area contributed by atoms with Crippen LogP contribution in [0.3, 0.4) is 0 Å². The van der Waals surface area contributed by atoms with Gasteiger partial charge in [0.1, 0.15) is 0 Å². The molecular weight excluding hydrogens is 214 g/mol. The van der Waals surface area contributed by atoms with Gasteiger partial charge >= 0.3 is 0 Å². The lowest BCUT2D eigenvalue weighted by Gasteiger charge is -2.34. The van der Waals surface area contributed by atoms with Crippen molar-refractivity contribution in [3.63, 3.8) is 0 Å². The molecule has 1 aliphatic heterocycles. The predicted molar refractivity (Wildman–Crippen MR) is 56.6 cm³/mol. The van der Waals surface area contributed by atoms with Crippen LogP contribution in [-0.4, -0.2) is 37.0 Å². The molecule has 1 fully saturated rings. The Kier molecular flexibility index (Phi) is 2.77. The maximum atomic E-state index is 11.7. The molecule has 82 valence electrons. The second-order valence-electron chi connectivity index (χ2n) is 3.71. The lowest BCUT2D eigenvalue weighted by atomic mass is 10.2. The normalized spacial score (nSPS) is 18.7. The third-order valence-electron chi connectivity index (χ3n) is 2.41. The molecule has 1 aromatic carbocycles. The summed E-state index contributed by atoms with van der Waals surface area (Å²) >= 11 is 0. The molecule has 2 rings (SSSR count). The van der Waals surface area contributed by atoms with Crippen molar-refractivity contribution in [2.45, 2.75) is 11.9 Å². The minimum Gasteiger partial charge on any atom is -0.390 e. The quantitative estimate of drug-likeness (QED) is 0.802. The number of rotatable bonds is 3. The lowest BCUT2D eigenvalue weighted by Crippen LogP contribution is -2.53. The summed E-state index contributed by atoms with van der Waals surface area (Å²) in [6.45, 7) is 0.463. The summed E-state index contributed by atoms with van der Waals surface area (Å²) in [5, 5.41) is 9.04. The lowest BCUT2D eigenvalue weighted by molar-refractivity contribution is 0.0547. The van der Waals surface area contributed by atoms with Gasteiger partial charge in [0.05, 0.1) is 11.9 Å². The van der Waals surface area contributed by atoms with E-state index in [4.69, 9.17) is 5.11 Å². The number of hydrogen-bond acceptors (Lipinski definition) is 3. The van der Waals surface area contributed by atoms with Crippen molar-refractivity contribution in [1.82, 2.24) is 4.31 Å². The number of benzene rings is 1. The largest absolute Gasteiger partial charge is 0.390 e. The van der Waals surface area contributed by atoms with Crippen LogP contribution in [0.2, 0.25) is 0 Å². The predicted octanol–water partition coefficient (Wildman–Crippen LogP) is 0.193. The zero-order valence-corrected chi connectivity index (χ0v) is 9.02. The molecule has 15 heavy (non-hydrogen) atoms. The fourth-order valence-electron chi connectivity index (χ4n) is 1.52. The molecule has 5 heteroatoms. The first kappa shape index (κ1) is 10.6. The second kappa shape index (κ2) is 3.92. The highest BCUT2D eigenvalue weighted by Crippen LogP contribution is 2.17. The number of hydrogen-bond donors (Lipinski definition) is 1. The average molecular weight is 227 g/mol. The van der Waals surface area contributed by atoms with Crippen LogP contribution < -0.4 is 0 Å². The van der Waals surface area contributed by atoms with Crippen LogP contribution in [0.4, 0.5) is 0 Å². The molecule has 0 bridgehead atoms. The molecule has 0 atom stereocenters. The smallest absolute Gasteiger partial charge is 0.218 e. The Morgan fingerprint density at radius 1 is 1.27 bits per heavy atom. The Balaban J connectivity index is 2.06. The van der Waals surface area contributed by atoms with E-state index in [9.17, 15) is 8.42 Å². The zero-order chi connectivity index (χ0) is 10.9. The van der Waals surface area contributed by atoms with E-state index in [0.717, 1.165) is 5.56 Å². The number of β-amino-alcohol motifs (C(OH)–C–C–N with tert-alkyl or cyclic N) is 1. The van der Waals surface area contributed by atoms with Crippen molar-refractivity contribution >= 4 is 10.0 Å². The van der Waals surface area contributed by atoms with Crippen molar-refractivity contribution in [1.29, 1.82) is 0 Å². The summed E-state index contributed by atoms with van der Waals surface area (Å²) in [5.41, 5.74) is 0.777. The van der Waals surface area contributed by atoms with Crippen LogP contribution in [-0.2, 0) is 15.8 Å². The Hall–Kier alpha value is -0.910. The maximum Gasteiger partial charge on any atom is 0.218 e. The van der Waals surface area contributed by atoms with Crippen molar-refractivity contribution in [2.75, 3.05) is 13.1 Å². The van der Waals surface area contributed by atoms with E-state index in [1.807, 2.05) is 18.2 Å². The van der Waals surface area contributed by atoms with E-state index < -0.39 is 16.1 Å². The molecule has 1 aliphatic rings. The first-order valence-corrected chi connectivity index (χ1v) is 6.39. The number of sulfonamides is 1. The molecule has 0 aromatic heterocycles. The van der Waals surface area contributed by atoms with E-state index >= 15 is 0 Å². The van der Waals surface area contributed by atoms with Crippen LogP contribution in [0.25, 0.3) is 0 Å². The molecule has 4 nitrogen and oxygen atoms in total. The zero-order valence-electron chi connectivity index (χ0n) is 8.20. The van der Waals surface area contributed by atoms with E-state index in [0.29, 0.717) is 0 Å². The van der Waals surface area contributed by atoms with Gasteiger partial charge in [0, 0.05) is 13.1 Å². The number of nitrogens with zero attached hydrogens (tertiary/aromatic N) is 1. The van der Waals surface area contributed by atoms with Gasteiger partial charge in [0.25, 0.3) is 0 Å². The van der Waals surface area contributed by atoms with E-state index in [2.05, 4.69) is 0 Å². The molecule has 0 amide bonds. The van der Waals surface area contributed by atoms with E-state index in [-0.39, 0.29) is 18.8 Å². The highest BCUT2D eigenvalue weighted by molar-refractivity contribution is 7.88. The highest BCUT2D eigenvalue weighted by Gasteiger charge is 2.34. The summed E-state index contributed by atoms with van der Waals surface area (Å²) in [6, 6.07) is 9.05. The van der Waals surface area contributed by atoms with Crippen LogP contribution in [0.1, 0.15) is 5.56 Å². The Morgan fingerprint density at radius 3 is 2.40 bits per heavy atom. The summed E-state index contributed by atoms with van der Waals surface area (Å²) in [5.74, 6) is 0.0144. The van der Waals surface area contributed by atoms with Crippen LogP contribution in [0.15, 0.2) is 30.3 Å². The van der Waals surface area contributed by atoms with Gasteiger partial charge in [0.15, 0.2) is 0 Å². The topological polar surface area (TPSA) is 57.6 Å². The van der Waals surface area contributed by atoms with Crippen LogP contribution in [0, 0.1) is 0 Å². The first-order chi connectivity index (χ1) is 7.08. The molecule has 1 heterocycles. The van der Waals surface area contributed by atoms with Crippen molar-refractivity contribution in [3.05, 3.63) is 35.9 Å². The van der Waals surface area contributed by atoms with Gasteiger partial charge in [-0.2, -0.15) is 4.31 Å². The Morgan fingerprint density at radius 2 is 1.87 bits per heavy atom. The molecule has 1 N–H and O–H groups in total.